The molecule has 0 saturated heterocycles. The van der Waals surface area contributed by atoms with Gasteiger partial charge in [0, 0.05) is 17.2 Å². The Morgan fingerprint density at radius 2 is 1.82 bits per heavy atom. The van der Waals surface area contributed by atoms with Gasteiger partial charge in [0.2, 0.25) is 0 Å². The van der Waals surface area contributed by atoms with E-state index in [9.17, 15) is 13.2 Å². The monoisotopic (exact) mass is 478 g/mol. The zero-order valence-electron chi connectivity index (χ0n) is 17.4. The van der Waals surface area contributed by atoms with Crippen LogP contribution in [-0.4, -0.2) is 25.6 Å². The van der Waals surface area contributed by atoms with Crippen LogP contribution in [0.1, 0.15) is 16.1 Å². The number of fused-ring (bicyclic) bond motifs is 2. The minimum absolute atomic E-state index is 0.142. The molecule has 0 aliphatic heterocycles. The van der Waals surface area contributed by atoms with Crippen LogP contribution in [0.15, 0.2) is 82.1 Å². The molecule has 0 atom stereocenters. The first-order chi connectivity index (χ1) is 15.9. The van der Waals surface area contributed by atoms with E-state index in [0.717, 1.165) is 11.6 Å². The number of ether oxygens (including phenoxy) is 1. The van der Waals surface area contributed by atoms with Gasteiger partial charge in [0.15, 0.2) is 20.7 Å². The number of anilines is 1. The standard InChI is InChI=1S/C24H18N2O5S2/c1-33(28,29)16-11-12-19-21(13-16)32-24(25-19)26-23(27)22-18(14-30-15-7-3-2-4-8-15)17-9-5-6-10-20(17)31-22/h2-13H,14H2,1H3,(H,25,26,27). The molecule has 0 saturated carbocycles. The van der Waals surface area contributed by atoms with Crippen molar-refractivity contribution >= 4 is 53.4 Å². The van der Waals surface area contributed by atoms with E-state index in [-0.39, 0.29) is 17.3 Å². The van der Waals surface area contributed by atoms with E-state index in [2.05, 4.69) is 10.3 Å². The summed E-state index contributed by atoms with van der Waals surface area (Å²) in [6, 6.07) is 21.4. The van der Waals surface area contributed by atoms with E-state index in [4.69, 9.17) is 9.15 Å². The summed E-state index contributed by atoms with van der Waals surface area (Å²) in [6.07, 6.45) is 1.15. The fourth-order valence-corrected chi connectivity index (χ4v) is 5.06. The van der Waals surface area contributed by atoms with E-state index in [0.29, 0.717) is 32.2 Å². The largest absolute Gasteiger partial charge is 0.489 e. The SMILES string of the molecule is CS(=O)(=O)c1ccc2nc(NC(=O)c3oc4ccccc4c3COc3ccccc3)sc2c1. The van der Waals surface area contributed by atoms with Crippen molar-refractivity contribution in [2.24, 2.45) is 0 Å². The summed E-state index contributed by atoms with van der Waals surface area (Å²) in [5.41, 5.74) is 1.81. The second kappa shape index (κ2) is 8.34. The lowest BCUT2D eigenvalue weighted by atomic mass is 10.1. The first kappa shape index (κ1) is 21.2. The summed E-state index contributed by atoms with van der Waals surface area (Å²) in [5.74, 6) is 0.366. The van der Waals surface area contributed by atoms with Gasteiger partial charge in [-0.1, -0.05) is 47.7 Å². The predicted octanol–water partition coefficient (Wildman–Crippen LogP) is 5.28. The second-order valence-electron chi connectivity index (χ2n) is 7.38. The number of amides is 1. The van der Waals surface area contributed by atoms with Crippen LogP contribution in [0.5, 0.6) is 5.75 Å². The number of hydrogen-bond donors (Lipinski definition) is 1. The fourth-order valence-electron chi connectivity index (χ4n) is 3.44. The third-order valence-corrected chi connectivity index (χ3v) is 7.08. The number of para-hydroxylation sites is 2. The number of rotatable bonds is 6. The quantitative estimate of drug-likeness (QED) is 0.357. The Labute approximate surface area is 193 Å². The van der Waals surface area contributed by atoms with Crippen LogP contribution in [0.3, 0.4) is 0 Å². The molecule has 0 unspecified atom stereocenters. The average molecular weight is 479 g/mol. The molecule has 2 aromatic heterocycles. The third-order valence-electron chi connectivity index (χ3n) is 5.04. The number of hydrogen-bond acceptors (Lipinski definition) is 7. The van der Waals surface area contributed by atoms with Crippen molar-refractivity contribution in [3.05, 3.63) is 84.1 Å². The Morgan fingerprint density at radius 3 is 2.61 bits per heavy atom. The molecule has 3 aromatic carbocycles. The highest BCUT2D eigenvalue weighted by Gasteiger charge is 2.22. The third kappa shape index (κ3) is 4.33. The van der Waals surface area contributed by atoms with E-state index >= 15 is 0 Å². The van der Waals surface area contributed by atoms with Gasteiger partial charge in [-0.2, -0.15) is 0 Å². The Balaban J connectivity index is 1.45. The van der Waals surface area contributed by atoms with Crippen molar-refractivity contribution in [2.45, 2.75) is 11.5 Å². The lowest BCUT2D eigenvalue weighted by molar-refractivity contribution is 0.0995. The number of sulfone groups is 1. The summed E-state index contributed by atoms with van der Waals surface area (Å²) in [4.78, 5) is 17.7. The minimum atomic E-state index is -3.34. The van der Waals surface area contributed by atoms with Gasteiger partial charge in [0.1, 0.15) is 17.9 Å². The van der Waals surface area contributed by atoms with Gasteiger partial charge in [-0.15, -0.1) is 0 Å². The number of aromatic nitrogens is 1. The number of thiazole rings is 1. The molecule has 0 aliphatic carbocycles. The van der Waals surface area contributed by atoms with Crippen molar-refractivity contribution < 1.29 is 22.4 Å². The molecule has 33 heavy (non-hydrogen) atoms. The maximum atomic E-state index is 13.1. The molecule has 9 heteroatoms. The predicted molar refractivity (Wildman–Crippen MR) is 128 cm³/mol. The van der Waals surface area contributed by atoms with Crippen LogP contribution < -0.4 is 10.1 Å². The maximum Gasteiger partial charge on any atom is 0.293 e. The molecule has 0 radical (unpaired) electrons. The molecule has 0 bridgehead atoms. The zero-order chi connectivity index (χ0) is 23.0. The van der Waals surface area contributed by atoms with Crippen LogP contribution in [0.4, 0.5) is 5.13 Å². The highest BCUT2D eigenvalue weighted by molar-refractivity contribution is 7.90. The Kier molecular flexibility index (Phi) is 5.35. The molecule has 0 aliphatic rings. The molecule has 5 rings (SSSR count). The molecule has 166 valence electrons. The molecular weight excluding hydrogens is 460 g/mol. The first-order valence-corrected chi connectivity index (χ1v) is 12.7. The molecule has 2 heterocycles. The molecule has 1 N–H and O–H groups in total. The second-order valence-corrected chi connectivity index (χ2v) is 10.4. The lowest BCUT2D eigenvalue weighted by Crippen LogP contribution is -2.13. The summed E-state index contributed by atoms with van der Waals surface area (Å²) in [6.45, 7) is 0.154. The topological polar surface area (TPSA) is 98.5 Å². The number of nitrogens with zero attached hydrogens (tertiary/aromatic N) is 1. The minimum Gasteiger partial charge on any atom is -0.489 e. The van der Waals surface area contributed by atoms with Crippen LogP contribution in [-0.2, 0) is 16.4 Å². The van der Waals surface area contributed by atoms with Crippen LogP contribution >= 0.6 is 11.3 Å². The summed E-state index contributed by atoms with van der Waals surface area (Å²) >= 11 is 1.19. The van der Waals surface area contributed by atoms with Crippen LogP contribution in [0, 0.1) is 0 Å². The highest BCUT2D eigenvalue weighted by atomic mass is 32.2. The van der Waals surface area contributed by atoms with E-state index in [1.165, 1.54) is 17.4 Å². The van der Waals surface area contributed by atoms with Gasteiger partial charge < -0.3 is 9.15 Å². The van der Waals surface area contributed by atoms with Crippen LogP contribution in [0.25, 0.3) is 21.2 Å². The highest BCUT2D eigenvalue weighted by Crippen LogP contribution is 2.31. The van der Waals surface area contributed by atoms with Crippen molar-refractivity contribution in [3.8, 4) is 5.75 Å². The lowest BCUT2D eigenvalue weighted by Gasteiger charge is -2.06. The normalized spacial score (nSPS) is 11.7. The van der Waals surface area contributed by atoms with E-state index < -0.39 is 15.7 Å². The molecule has 7 nitrogen and oxygen atoms in total. The van der Waals surface area contributed by atoms with Gasteiger partial charge in [-0.25, -0.2) is 13.4 Å². The van der Waals surface area contributed by atoms with Gasteiger partial charge in [0.25, 0.3) is 5.91 Å². The number of furan rings is 1. The maximum absolute atomic E-state index is 13.1. The van der Waals surface area contributed by atoms with Gasteiger partial charge in [-0.3, -0.25) is 10.1 Å². The number of benzene rings is 3. The summed E-state index contributed by atoms with van der Waals surface area (Å²) in [7, 11) is -3.34. The van der Waals surface area contributed by atoms with Gasteiger partial charge in [-0.05, 0) is 36.4 Å². The van der Waals surface area contributed by atoms with Crippen molar-refractivity contribution in [1.29, 1.82) is 0 Å². The van der Waals surface area contributed by atoms with Gasteiger partial charge >= 0.3 is 0 Å². The smallest absolute Gasteiger partial charge is 0.293 e. The zero-order valence-corrected chi connectivity index (χ0v) is 19.1. The summed E-state index contributed by atoms with van der Waals surface area (Å²) < 4.78 is 36.1. The van der Waals surface area contributed by atoms with Gasteiger partial charge in [0.05, 0.1) is 15.1 Å². The van der Waals surface area contributed by atoms with Crippen LogP contribution in [0.2, 0.25) is 0 Å². The molecule has 5 aromatic rings. The average Bonchev–Trinajstić information content (AvgIpc) is 3.38. The van der Waals surface area contributed by atoms with E-state index in [1.54, 1.807) is 18.2 Å². The Bertz CT molecular complexity index is 1590. The summed E-state index contributed by atoms with van der Waals surface area (Å²) in [5, 5.41) is 3.91. The first-order valence-electron chi connectivity index (χ1n) is 9.99. The number of carbonyl (C=O) groups is 1. The fraction of sp³-hybridized carbons (Fsp3) is 0.0833. The van der Waals surface area contributed by atoms with E-state index in [1.807, 2.05) is 48.5 Å². The molecule has 1 amide bonds. The molecule has 0 spiro atoms. The Morgan fingerprint density at radius 1 is 1.06 bits per heavy atom. The number of nitrogens with one attached hydrogen (secondary N) is 1. The van der Waals surface area contributed by atoms with Crippen molar-refractivity contribution in [2.75, 3.05) is 11.6 Å². The van der Waals surface area contributed by atoms with Crippen molar-refractivity contribution in [3.63, 3.8) is 0 Å². The molecule has 0 fully saturated rings. The number of carbonyl (C=O) groups excluding carboxylic acids is 1. The molecular formula is C24H18N2O5S2. The Hall–Kier alpha value is -3.69. The van der Waals surface area contributed by atoms with Crippen molar-refractivity contribution in [1.82, 2.24) is 4.98 Å².